The number of rotatable bonds is 1. The van der Waals surface area contributed by atoms with Crippen molar-refractivity contribution in [1.82, 2.24) is 0 Å². The predicted molar refractivity (Wildman–Crippen MR) is 79.6 cm³/mol. The molecule has 20 heavy (non-hydrogen) atoms. The zero-order valence-electron chi connectivity index (χ0n) is 11.5. The fourth-order valence-corrected chi connectivity index (χ4v) is 2.34. The molecule has 0 radical (unpaired) electrons. The molecule has 3 rings (SSSR count). The van der Waals surface area contributed by atoms with Crippen LogP contribution in [0.1, 0.15) is 37.3 Å². The van der Waals surface area contributed by atoms with Gasteiger partial charge in [-0.1, -0.05) is 25.2 Å². The first-order valence-electron chi connectivity index (χ1n) is 7.05. The van der Waals surface area contributed by atoms with Gasteiger partial charge in [-0.2, -0.15) is 0 Å². The lowest BCUT2D eigenvalue weighted by Gasteiger charge is -2.18. The zero-order chi connectivity index (χ0) is 14.1. The molecule has 0 spiro atoms. The van der Waals surface area contributed by atoms with Crippen LogP contribution in [0.15, 0.2) is 27.4 Å². The Kier molecular flexibility index (Phi) is 3.23. The summed E-state index contributed by atoms with van der Waals surface area (Å²) in [6, 6.07) is 5.21. The molecule has 3 nitrogen and oxygen atoms in total. The van der Waals surface area contributed by atoms with Crippen molar-refractivity contribution in [3.63, 3.8) is 0 Å². The van der Waals surface area contributed by atoms with E-state index in [0.717, 1.165) is 12.0 Å². The predicted octanol–water partition coefficient (Wildman–Crippen LogP) is 3.04. The standard InChI is InChI=1S/C17H17NO2/c1-2-13-10-14-15(19)8-12(7-6-11-4-3-5-11)9-16(14)20-17(13)18/h8-11H,2-5,18H2,1H3. The quantitative estimate of drug-likeness (QED) is 0.808. The highest BCUT2D eigenvalue weighted by molar-refractivity contribution is 5.65. The minimum atomic E-state index is -0.0566. The maximum absolute atomic E-state index is 12.1. The summed E-state index contributed by atoms with van der Waals surface area (Å²) >= 11 is 0. The van der Waals surface area contributed by atoms with Crippen molar-refractivity contribution < 1.29 is 4.42 Å². The van der Waals surface area contributed by atoms with Crippen molar-refractivity contribution >= 4 is 5.88 Å². The molecule has 0 aromatic heterocycles. The van der Waals surface area contributed by atoms with Crippen LogP contribution in [0.5, 0.6) is 0 Å². The van der Waals surface area contributed by atoms with Crippen molar-refractivity contribution in [2.75, 3.05) is 5.73 Å². The SMILES string of the molecule is CCc1cc2c(=O)cc(C#CC3CCC3)cc-2oc1N. The summed E-state index contributed by atoms with van der Waals surface area (Å²) in [5, 5.41) is 0. The lowest BCUT2D eigenvalue weighted by atomic mass is 9.86. The van der Waals surface area contributed by atoms with E-state index in [2.05, 4.69) is 11.8 Å². The molecule has 1 heterocycles. The number of benzene rings is 1. The Labute approximate surface area is 118 Å². The summed E-state index contributed by atoms with van der Waals surface area (Å²) in [6.45, 7) is 1.98. The van der Waals surface area contributed by atoms with Gasteiger partial charge in [-0.3, -0.25) is 4.79 Å². The van der Waals surface area contributed by atoms with Gasteiger partial charge in [0.1, 0.15) is 5.76 Å². The molecule has 2 aliphatic carbocycles. The maximum Gasteiger partial charge on any atom is 0.194 e. The molecule has 102 valence electrons. The molecular formula is C17H17NO2. The molecule has 0 aromatic rings. The van der Waals surface area contributed by atoms with Crippen LogP contribution in [0.2, 0.25) is 0 Å². The number of hydrogen-bond acceptors (Lipinski definition) is 3. The number of anilines is 1. The first-order chi connectivity index (χ1) is 9.67. The van der Waals surface area contributed by atoms with Crippen LogP contribution in [0.3, 0.4) is 0 Å². The molecule has 0 saturated heterocycles. The van der Waals surface area contributed by atoms with Gasteiger partial charge in [-0.15, -0.1) is 0 Å². The Balaban J connectivity index is 2.06. The summed E-state index contributed by atoms with van der Waals surface area (Å²) in [4.78, 5) is 12.1. The summed E-state index contributed by atoms with van der Waals surface area (Å²) in [6.07, 6.45) is 4.34. The Morgan fingerprint density at radius 3 is 2.80 bits per heavy atom. The van der Waals surface area contributed by atoms with Gasteiger partial charge in [0.15, 0.2) is 11.3 Å². The molecule has 0 amide bonds. The molecule has 0 unspecified atom stereocenters. The van der Waals surface area contributed by atoms with Crippen molar-refractivity contribution in [1.29, 1.82) is 0 Å². The van der Waals surface area contributed by atoms with Crippen LogP contribution in [0.25, 0.3) is 11.3 Å². The van der Waals surface area contributed by atoms with E-state index in [1.165, 1.54) is 19.3 Å². The summed E-state index contributed by atoms with van der Waals surface area (Å²) in [5.74, 6) is 7.67. The molecule has 2 N–H and O–H groups in total. The highest BCUT2D eigenvalue weighted by atomic mass is 16.3. The Bertz CT molecular complexity index is 729. The van der Waals surface area contributed by atoms with Crippen LogP contribution in [0.4, 0.5) is 5.88 Å². The van der Waals surface area contributed by atoms with Gasteiger partial charge < -0.3 is 10.2 Å². The van der Waals surface area contributed by atoms with E-state index in [4.69, 9.17) is 10.2 Å². The van der Waals surface area contributed by atoms with Crippen molar-refractivity contribution in [2.24, 2.45) is 5.92 Å². The third-order valence-corrected chi connectivity index (χ3v) is 3.87. The molecule has 1 fully saturated rings. The van der Waals surface area contributed by atoms with Gasteiger partial charge in [0, 0.05) is 23.1 Å². The van der Waals surface area contributed by atoms with E-state index >= 15 is 0 Å². The van der Waals surface area contributed by atoms with Crippen LogP contribution >= 0.6 is 0 Å². The van der Waals surface area contributed by atoms with Gasteiger partial charge >= 0.3 is 0 Å². The van der Waals surface area contributed by atoms with Gasteiger partial charge in [-0.05, 0) is 31.4 Å². The molecule has 1 saturated carbocycles. The second kappa shape index (κ2) is 5.05. The van der Waals surface area contributed by atoms with Gasteiger partial charge in [-0.25, -0.2) is 0 Å². The third-order valence-electron chi connectivity index (χ3n) is 3.87. The van der Waals surface area contributed by atoms with Crippen LogP contribution in [-0.4, -0.2) is 0 Å². The summed E-state index contributed by atoms with van der Waals surface area (Å²) < 4.78 is 5.56. The molecule has 1 aliphatic heterocycles. The molecule has 0 aromatic carbocycles. The first kappa shape index (κ1) is 12.8. The van der Waals surface area contributed by atoms with Crippen LogP contribution in [0, 0.1) is 17.8 Å². The van der Waals surface area contributed by atoms with E-state index in [1.54, 1.807) is 12.1 Å². The van der Waals surface area contributed by atoms with Crippen LogP contribution in [-0.2, 0) is 6.42 Å². The fraction of sp³-hybridized carbons (Fsp3) is 0.353. The molecule has 3 aliphatic rings. The Morgan fingerprint density at radius 1 is 1.35 bits per heavy atom. The van der Waals surface area contributed by atoms with E-state index in [9.17, 15) is 4.79 Å². The average molecular weight is 267 g/mol. The average Bonchev–Trinajstić information content (AvgIpc) is 2.36. The second-order valence-electron chi connectivity index (χ2n) is 5.27. The van der Waals surface area contributed by atoms with E-state index in [0.29, 0.717) is 28.7 Å². The molecule has 3 heteroatoms. The van der Waals surface area contributed by atoms with Crippen molar-refractivity contribution in [3.8, 4) is 23.2 Å². The number of hydrogen-bond donors (Lipinski definition) is 1. The van der Waals surface area contributed by atoms with E-state index in [1.807, 2.05) is 13.0 Å². The molecule has 0 atom stereocenters. The number of fused-ring (bicyclic) bond motifs is 1. The smallest absolute Gasteiger partial charge is 0.194 e. The lowest BCUT2D eigenvalue weighted by molar-refractivity contribution is 0.401. The first-order valence-corrected chi connectivity index (χ1v) is 7.05. The van der Waals surface area contributed by atoms with Gasteiger partial charge in [0.25, 0.3) is 0 Å². The fourth-order valence-electron chi connectivity index (χ4n) is 2.34. The van der Waals surface area contributed by atoms with Gasteiger partial charge in [0.2, 0.25) is 0 Å². The third kappa shape index (κ3) is 2.30. The Hall–Kier alpha value is -2.21. The number of nitrogen functional groups attached to an aromatic ring is 1. The molecule has 0 bridgehead atoms. The monoisotopic (exact) mass is 267 g/mol. The zero-order valence-corrected chi connectivity index (χ0v) is 11.5. The normalized spacial score (nSPS) is 14.7. The van der Waals surface area contributed by atoms with E-state index < -0.39 is 0 Å². The number of aryl methyl sites for hydroxylation is 1. The number of nitrogens with two attached hydrogens (primary N) is 1. The maximum atomic E-state index is 12.1. The highest BCUT2D eigenvalue weighted by Gasteiger charge is 2.15. The van der Waals surface area contributed by atoms with Crippen molar-refractivity contribution in [2.45, 2.75) is 32.6 Å². The van der Waals surface area contributed by atoms with E-state index in [-0.39, 0.29) is 5.43 Å². The Morgan fingerprint density at radius 2 is 2.15 bits per heavy atom. The molecular weight excluding hydrogens is 250 g/mol. The topological polar surface area (TPSA) is 56.2 Å². The van der Waals surface area contributed by atoms with Crippen molar-refractivity contribution in [3.05, 3.63) is 39.5 Å². The second-order valence-corrected chi connectivity index (χ2v) is 5.27. The van der Waals surface area contributed by atoms with Gasteiger partial charge in [0.05, 0.1) is 5.56 Å². The summed E-state index contributed by atoms with van der Waals surface area (Å²) in [7, 11) is 0. The summed E-state index contributed by atoms with van der Waals surface area (Å²) in [5.41, 5.74) is 7.94. The largest absolute Gasteiger partial charge is 0.441 e. The highest BCUT2D eigenvalue weighted by Crippen LogP contribution is 2.27. The lowest BCUT2D eigenvalue weighted by Crippen LogP contribution is -2.09. The minimum Gasteiger partial charge on any atom is -0.441 e. The minimum absolute atomic E-state index is 0.0566. The van der Waals surface area contributed by atoms with Crippen LogP contribution < -0.4 is 11.2 Å².